The second kappa shape index (κ2) is 8.39. The van der Waals surface area contributed by atoms with Gasteiger partial charge in [-0.15, -0.1) is 0 Å². The summed E-state index contributed by atoms with van der Waals surface area (Å²) in [7, 11) is -3.54. The van der Waals surface area contributed by atoms with Gasteiger partial charge in [0.15, 0.2) is 0 Å². The fourth-order valence-electron chi connectivity index (χ4n) is 2.98. The average Bonchev–Trinajstić information content (AvgIpc) is 3.02. The van der Waals surface area contributed by atoms with Crippen LogP contribution in [-0.2, 0) is 26.0 Å². The molecule has 1 fully saturated rings. The van der Waals surface area contributed by atoms with Crippen LogP contribution in [0.5, 0.6) is 0 Å². The molecule has 0 radical (unpaired) electrons. The summed E-state index contributed by atoms with van der Waals surface area (Å²) in [5, 5.41) is 0. The summed E-state index contributed by atoms with van der Waals surface area (Å²) < 4.78 is 26.8. The zero-order valence-electron chi connectivity index (χ0n) is 13.8. The molecule has 1 aliphatic rings. The lowest BCUT2D eigenvalue weighted by Crippen LogP contribution is -2.51. The quantitative estimate of drug-likeness (QED) is 0.711. The third-order valence-corrected chi connectivity index (χ3v) is 5.70. The van der Waals surface area contributed by atoms with Crippen molar-refractivity contribution in [2.24, 2.45) is 0 Å². The van der Waals surface area contributed by atoms with Crippen LogP contribution in [0, 0.1) is 0 Å². The highest BCUT2D eigenvalue weighted by Crippen LogP contribution is 2.18. The number of carbonyl (C=O) groups is 2. The van der Waals surface area contributed by atoms with Gasteiger partial charge in [-0.25, -0.2) is 13.1 Å². The first-order valence-corrected chi connectivity index (χ1v) is 9.91. The Bertz CT molecular complexity index is 660. The lowest BCUT2D eigenvalue weighted by atomic mass is 10.1. The highest BCUT2D eigenvalue weighted by molar-refractivity contribution is 7.89. The number of carbonyl (C=O) groups excluding carboxylic acids is 2. The van der Waals surface area contributed by atoms with Crippen LogP contribution in [0.25, 0.3) is 0 Å². The first kappa shape index (κ1) is 18.6. The van der Waals surface area contributed by atoms with Gasteiger partial charge in [-0.05, 0) is 31.2 Å². The molecule has 24 heavy (non-hydrogen) atoms. The average molecular weight is 352 g/mol. The molecule has 6 nitrogen and oxygen atoms in total. The molecule has 1 aliphatic heterocycles. The molecule has 0 aliphatic carbocycles. The van der Waals surface area contributed by atoms with Crippen LogP contribution in [0.15, 0.2) is 30.3 Å². The van der Waals surface area contributed by atoms with E-state index in [1.54, 1.807) is 6.92 Å². The van der Waals surface area contributed by atoms with Crippen LogP contribution in [0.3, 0.4) is 0 Å². The van der Waals surface area contributed by atoms with Crippen molar-refractivity contribution in [1.82, 2.24) is 9.62 Å². The number of amides is 1. The van der Waals surface area contributed by atoms with Crippen molar-refractivity contribution in [2.45, 2.75) is 44.7 Å². The monoisotopic (exact) mass is 352 g/mol. The van der Waals surface area contributed by atoms with Crippen molar-refractivity contribution < 1.29 is 18.0 Å². The number of aldehydes is 1. The Labute approximate surface area is 143 Å². The van der Waals surface area contributed by atoms with Crippen LogP contribution in [0.2, 0.25) is 0 Å². The normalized spacial score (nSPS) is 19.2. The van der Waals surface area contributed by atoms with Crippen LogP contribution in [-0.4, -0.2) is 49.9 Å². The molecule has 0 aromatic heterocycles. The fourth-order valence-corrected chi connectivity index (χ4v) is 4.25. The van der Waals surface area contributed by atoms with Gasteiger partial charge in [-0.2, -0.15) is 0 Å². The summed E-state index contributed by atoms with van der Waals surface area (Å²) in [4.78, 5) is 25.5. The molecule has 1 saturated heterocycles. The van der Waals surface area contributed by atoms with Gasteiger partial charge in [0.25, 0.3) is 0 Å². The summed E-state index contributed by atoms with van der Waals surface area (Å²) in [6.45, 7) is 2.26. The molecule has 132 valence electrons. The molecule has 0 unspecified atom stereocenters. The molecule has 0 spiro atoms. The molecule has 7 heteroatoms. The largest absolute Gasteiger partial charge is 0.332 e. The molecule has 1 amide bonds. The lowest BCUT2D eigenvalue weighted by Gasteiger charge is -2.27. The Balaban J connectivity index is 2.21. The van der Waals surface area contributed by atoms with Gasteiger partial charge in [-0.1, -0.05) is 37.3 Å². The van der Waals surface area contributed by atoms with Gasteiger partial charge < -0.3 is 9.69 Å². The van der Waals surface area contributed by atoms with E-state index in [-0.39, 0.29) is 18.1 Å². The van der Waals surface area contributed by atoms with E-state index in [1.165, 1.54) is 4.90 Å². The zero-order chi connectivity index (χ0) is 17.6. The predicted octanol–water partition coefficient (Wildman–Crippen LogP) is 1.12. The van der Waals surface area contributed by atoms with Crippen molar-refractivity contribution in [2.75, 3.05) is 12.3 Å². The molecule has 1 aromatic rings. The smallest absolute Gasteiger partial charge is 0.241 e. The summed E-state index contributed by atoms with van der Waals surface area (Å²) in [6.07, 6.45) is 2.90. The lowest BCUT2D eigenvalue weighted by molar-refractivity contribution is -0.136. The number of likely N-dealkylation sites (tertiary alicyclic amines) is 1. The van der Waals surface area contributed by atoms with Crippen LogP contribution >= 0.6 is 0 Å². The summed E-state index contributed by atoms with van der Waals surface area (Å²) >= 11 is 0. The van der Waals surface area contributed by atoms with Gasteiger partial charge in [0.05, 0.1) is 11.8 Å². The third kappa shape index (κ3) is 4.88. The van der Waals surface area contributed by atoms with E-state index in [9.17, 15) is 18.0 Å². The van der Waals surface area contributed by atoms with Crippen molar-refractivity contribution in [3.63, 3.8) is 0 Å². The van der Waals surface area contributed by atoms with Gasteiger partial charge in [0.2, 0.25) is 15.9 Å². The second-order valence-electron chi connectivity index (χ2n) is 6.06. The van der Waals surface area contributed by atoms with E-state index in [0.717, 1.165) is 18.3 Å². The predicted molar refractivity (Wildman–Crippen MR) is 91.9 cm³/mol. The number of nitrogens with one attached hydrogen (secondary N) is 1. The van der Waals surface area contributed by atoms with E-state index in [2.05, 4.69) is 4.72 Å². The fraction of sp³-hybridized carbons (Fsp3) is 0.529. The van der Waals surface area contributed by atoms with Crippen LogP contribution in [0.4, 0.5) is 0 Å². The van der Waals surface area contributed by atoms with Crippen LogP contribution in [0.1, 0.15) is 31.7 Å². The van der Waals surface area contributed by atoms with Gasteiger partial charge >= 0.3 is 0 Å². The minimum atomic E-state index is -3.54. The second-order valence-corrected chi connectivity index (χ2v) is 7.93. The van der Waals surface area contributed by atoms with Crippen molar-refractivity contribution in [3.8, 4) is 0 Å². The highest BCUT2D eigenvalue weighted by atomic mass is 32.2. The Morgan fingerprint density at radius 1 is 1.38 bits per heavy atom. The Morgan fingerprint density at radius 2 is 2.08 bits per heavy atom. The summed E-state index contributed by atoms with van der Waals surface area (Å²) in [5.74, 6) is -0.351. The van der Waals surface area contributed by atoms with Crippen molar-refractivity contribution in [1.29, 1.82) is 0 Å². The number of hydrogen-bond donors (Lipinski definition) is 1. The summed E-state index contributed by atoms with van der Waals surface area (Å²) in [5.41, 5.74) is 0.872. The van der Waals surface area contributed by atoms with Crippen molar-refractivity contribution >= 4 is 22.2 Å². The highest BCUT2D eigenvalue weighted by Gasteiger charge is 2.34. The number of nitrogens with zero attached hydrogens (tertiary/aromatic N) is 1. The first-order valence-electron chi connectivity index (χ1n) is 8.26. The van der Waals surface area contributed by atoms with Gasteiger partial charge in [-0.3, -0.25) is 4.79 Å². The SMILES string of the molecule is CCCS(=O)(=O)N[C@H](Cc1ccccc1)C(=O)N1CCC[C@H]1C=O. The Hall–Kier alpha value is -1.73. The molecule has 1 heterocycles. The first-order chi connectivity index (χ1) is 11.5. The summed E-state index contributed by atoms with van der Waals surface area (Å²) in [6, 6.07) is 7.94. The molecule has 0 saturated carbocycles. The molecular formula is C17H24N2O4S. The maximum atomic E-state index is 12.8. The Kier molecular flexibility index (Phi) is 6.51. The molecule has 2 atom stereocenters. The van der Waals surface area contributed by atoms with E-state index < -0.39 is 22.1 Å². The molecular weight excluding hydrogens is 328 g/mol. The minimum absolute atomic E-state index is 0.0251. The Morgan fingerprint density at radius 3 is 2.71 bits per heavy atom. The van der Waals surface area contributed by atoms with E-state index in [4.69, 9.17) is 0 Å². The maximum Gasteiger partial charge on any atom is 0.241 e. The van der Waals surface area contributed by atoms with Crippen molar-refractivity contribution in [3.05, 3.63) is 35.9 Å². The molecule has 1 N–H and O–H groups in total. The van der Waals surface area contributed by atoms with E-state index in [1.807, 2.05) is 30.3 Å². The number of benzene rings is 1. The van der Waals surface area contributed by atoms with E-state index in [0.29, 0.717) is 19.4 Å². The number of sulfonamides is 1. The minimum Gasteiger partial charge on any atom is -0.332 e. The molecule has 1 aromatic carbocycles. The van der Waals surface area contributed by atoms with Gasteiger partial charge in [0.1, 0.15) is 12.3 Å². The van der Waals surface area contributed by atoms with Crippen LogP contribution < -0.4 is 4.72 Å². The third-order valence-electron chi connectivity index (χ3n) is 4.11. The molecule has 2 rings (SSSR count). The molecule has 0 bridgehead atoms. The standard InChI is InChI=1S/C17H24N2O4S/c1-2-11-24(22,23)18-16(12-14-7-4-3-5-8-14)17(21)19-10-6-9-15(19)13-20/h3-5,7-8,13,15-16,18H,2,6,9-12H2,1H3/t15-,16+/m0/s1. The van der Waals surface area contributed by atoms with Gasteiger partial charge in [0, 0.05) is 6.54 Å². The topological polar surface area (TPSA) is 83.6 Å². The maximum absolute atomic E-state index is 12.8. The number of hydrogen-bond acceptors (Lipinski definition) is 4. The van der Waals surface area contributed by atoms with E-state index >= 15 is 0 Å². The number of rotatable bonds is 8. The zero-order valence-corrected chi connectivity index (χ0v) is 14.7.